The third-order valence-electron chi connectivity index (χ3n) is 2.25. The molecule has 1 N–H and O–H groups in total. The monoisotopic (exact) mass is 271 g/mol. The van der Waals surface area contributed by atoms with Gasteiger partial charge >= 0.3 is 5.97 Å². The third kappa shape index (κ3) is 3.76. The Bertz CT molecular complexity index is 437. The molecule has 0 atom stereocenters. The average molecular weight is 271 g/mol. The summed E-state index contributed by atoms with van der Waals surface area (Å²) in [7, 11) is 1.31. The number of rotatable bonds is 4. The molecule has 1 aromatic rings. The van der Waals surface area contributed by atoms with Crippen molar-refractivity contribution in [1.29, 1.82) is 0 Å². The predicted octanol–water partition coefficient (Wildman–Crippen LogP) is 1.13. The largest absolute Gasteiger partial charge is 0.469 e. The summed E-state index contributed by atoms with van der Waals surface area (Å²) < 4.78 is 8.30. The van der Waals surface area contributed by atoms with Gasteiger partial charge in [-0.3, -0.25) is 9.59 Å². The lowest BCUT2D eigenvalue weighted by atomic mass is 9.91. The zero-order valence-corrected chi connectivity index (χ0v) is 11.8. The van der Waals surface area contributed by atoms with Crippen LogP contribution in [0.1, 0.15) is 42.6 Å². The quantitative estimate of drug-likeness (QED) is 0.830. The maximum absolute atomic E-state index is 11.9. The summed E-state index contributed by atoms with van der Waals surface area (Å²) in [4.78, 5) is 23.3. The fourth-order valence-electron chi connectivity index (χ4n) is 1.29. The molecular formula is C11H17N3O3S. The first-order chi connectivity index (χ1) is 8.36. The summed E-state index contributed by atoms with van der Waals surface area (Å²) in [5.41, 5.74) is 0.435. The number of aromatic nitrogens is 2. The molecule has 0 saturated carbocycles. The summed E-state index contributed by atoms with van der Waals surface area (Å²) in [6.07, 6.45) is 0.152. The van der Waals surface area contributed by atoms with Gasteiger partial charge in [0.15, 0.2) is 0 Å². The summed E-state index contributed by atoms with van der Waals surface area (Å²) in [6, 6.07) is 0. The second kappa shape index (κ2) is 5.90. The summed E-state index contributed by atoms with van der Waals surface area (Å²) in [5.74, 6) is -0.604. The molecule has 100 valence electrons. The lowest BCUT2D eigenvalue weighted by Crippen LogP contribution is -2.28. The van der Waals surface area contributed by atoms with Crippen molar-refractivity contribution in [3.63, 3.8) is 0 Å². The van der Waals surface area contributed by atoms with Crippen LogP contribution in [0, 0.1) is 0 Å². The Morgan fingerprint density at radius 2 is 2.06 bits per heavy atom. The minimum Gasteiger partial charge on any atom is -0.469 e. The van der Waals surface area contributed by atoms with E-state index in [2.05, 4.69) is 19.6 Å². The first-order valence-corrected chi connectivity index (χ1v) is 6.31. The van der Waals surface area contributed by atoms with Gasteiger partial charge in [0.25, 0.3) is 5.91 Å². The van der Waals surface area contributed by atoms with E-state index in [0.29, 0.717) is 10.6 Å². The highest BCUT2D eigenvalue weighted by Crippen LogP contribution is 2.25. The number of methoxy groups -OCH3 is 1. The molecule has 7 heteroatoms. The van der Waals surface area contributed by atoms with E-state index in [1.807, 2.05) is 20.8 Å². The van der Waals surface area contributed by atoms with E-state index in [1.54, 1.807) is 0 Å². The zero-order valence-electron chi connectivity index (χ0n) is 10.9. The molecule has 0 aromatic carbocycles. The van der Waals surface area contributed by atoms with E-state index in [9.17, 15) is 9.59 Å². The van der Waals surface area contributed by atoms with E-state index in [0.717, 1.165) is 11.5 Å². The van der Waals surface area contributed by atoms with Gasteiger partial charge in [-0.15, -0.1) is 5.10 Å². The van der Waals surface area contributed by atoms with Crippen molar-refractivity contribution in [1.82, 2.24) is 14.9 Å². The number of carbonyl (C=O) groups excluding carboxylic acids is 2. The molecule has 6 nitrogen and oxygen atoms in total. The van der Waals surface area contributed by atoms with Crippen LogP contribution in [0.3, 0.4) is 0 Å². The molecule has 1 aromatic heterocycles. The number of esters is 1. The molecule has 18 heavy (non-hydrogen) atoms. The van der Waals surface area contributed by atoms with Crippen molar-refractivity contribution in [2.45, 2.75) is 32.6 Å². The van der Waals surface area contributed by atoms with Crippen LogP contribution in [0.25, 0.3) is 0 Å². The highest BCUT2D eigenvalue weighted by atomic mass is 32.1. The fraction of sp³-hybridized carbons (Fsp3) is 0.636. The van der Waals surface area contributed by atoms with Crippen molar-refractivity contribution < 1.29 is 14.3 Å². The molecule has 0 aliphatic heterocycles. The van der Waals surface area contributed by atoms with Crippen LogP contribution >= 0.6 is 11.5 Å². The second-order valence-corrected chi connectivity index (χ2v) is 5.54. The molecule has 0 spiro atoms. The molecule has 0 radical (unpaired) electrons. The first kappa shape index (κ1) is 14.6. The van der Waals surface area contributed by atoms with E-state index < -0.39 is 0 Å². The lowest BCUT2D eigenvalue weighted by molar-refractivity contribution is -0.140. The second-order valence-electron chi connectivity index (χ2n) is 4.78. The summed E-state index contributed by atoms with van der Waals surface area (Å²) in [6.45, 7) is 6.14. The third-order valence-corrected chi connectivity index (χ3v) is 2.97. The smallest absolute Gasteiger partial charge is 0.307 e. The van der Waals surface area contributed by atoms with Gasteiger partial charge in [-0.2, -0.15) is 0 Å². The van der Waals surface area contributed by atoms with Crippen LogP contribution in [0.15, 0.2) is 0 Å². The molecule has 0 saturated heterocycles. The number of nitrogens with one attached hydrogen (secondary N) is 1. The topological polar surface area (TPSA) is 81.2 Å². The first-order valence-electron chi connectivity index (χ1n) is 5.54. The zero-order chi connectivity index (χ0) is 13.8. The lowest BCUT2D eigenvalue weighted by Gasteiger charge is -2.16. The average Bonchev–Trinajstić information content (AvgIpc) is 2.77. The van der Waals surface area contributed by atoms with Crippen molar-refractivity contribution >= 4 is 23.4 Å². The maximum atomic E-state index is 11.9. The SMILES string of the molecule is COC(=O)CCNC(=O)c1snnc1C(C)(C)C. The standard InChI is InChI=1S/C11H17N3O3S/c1-11(2,3)9-8(18-14-13-9)10(16)12-6-5-7(15)17-4/h5-6H2,1-4H3,(H,12,16). The number of nitrogens with zero attached hydrogens (tertiary/aromatic N) is 2. The van der Waals surface area contributed by atoms with Gasteiger partial charge in [0.1, 0.15) is 4.88 Å². The van der Waals surface area contributed by atoms with E-state index in [-0.39, 0.29) is 30.3 Å². The van der Waals surface area contributed by atoms with E-state index in [4.69, 9.17) is 0 Å². The van der Waals surface area contributed by atoms with Crippen LogP contribution in [0.2, 0.25) is 0 Å². The van der Waals surface area contributed by atoms with Crippen LogP contribution in [0.5, 0.6) is 0 Å². The molecule has 0 bridgehead atoms. The van der Waals surface area contributed by atoms with Gasteiger partial charge in [0.05, 0.1) is 19.2 Å². The van der Waals surface area contributed by atoms with Gasteiger partial charge in [-0.05, 0) is 11.5 Å². The Morgan fingerprint density at radius 3 is 2.61 bits per heavy atom. The molecule has 0 aliphatic carbocycles. The Morgan fingerprint density at radius 1 is 1.39 bits per heavy atom. The maximum Gasteiger partial charge on any atom is 0.307 e. The van der Waals surface area contributed by atoms with Crippen LogP contribution in [-0.4, -0.2) is 35.1 Å². The summed E-state index contributed by atoms with van der Waals surface area (Å²) >= 11 is 1.06. The van der Waals surface area contributed by atoms with Crippen LogP contribution in [0.4, 0.5) is 0 Å². The van der Waals surface area contributed by atoms with Crippen molar-refractivity contribution in [3.8, 4) is 0 Å². The fourth-order valence-corrected chi connectivity index (χ4v) is 2.08. The normalized spacial score (nSPS) is 11.1. The molecule has 0 fully saturated rings. The number of hydrogen-bond donors (Lipinski definition) is 1. The minimum absolute atomic E-state index is 0.152. The van der Waals surface area contributed by atoms with Crippen LogP contribution < -0.4 is 5.32 Å². The van der Waals surface area contributed by atoms with Gasteiger partial charge in [0, 0.05) is 12.0 Å². The predicted molar refractivity (Wildman–Crippen MR) is 67.6 cm³/mol. The molecule has 0 aliphatic rings. The van der Waals surface area contributed by atoms with Gasteiger partial charge < -0.3 is 10.1 Å². The number of hydrogen-bond acceptors (Lipinski definition) is 6. The summed E-state index contributed by atoms with van der Waals surface area (Å²) in [5, 5.41) is 6.64. The molecule has 0 unspecified atom stereocenters. The minimum atomic E-state index is -0.353. The van der Waals surface area contributed by atoms with Gasteiger partial charge in [0.2, 0.25) is 0 Å². The van der Waals surface area contributed by atoms with Crippen molar-refractivity contribution in [2.24, 2.45) is 0 Å². The molecular weight excluding hydrogens is 254 g/mol. The van der Waals surface area contributed by atoms with E-state index in [1.165, 1.54) is 7.11 Å². The number of carbonyl (C=O) groups is 2. The Balaban J connectivity index is 2.63. The molecule has 1 heterocycles. The van der Waals surface area contributed by atoms with Crippen molar-refractivity contribution in [3.05, 3.63) is 10.6 Å². The van der Waals surface area contributed by atoms with E-state index >= 15 is 0 Å². The Labute approximate surface area is 110 Å². The van der Waals surface area contributed by atoms with Crippen LogP contribution in [-0.2, 0) is 14.9 Å². The van der Waals surface area contributed by atoms with Gasteiger partial charge in [-0.1, -0.05) is 25.3 Å². The highest BCUT2D eigenvalue weighted by Gasteiger charge is 2.26. The molecule has 1 amide bonds. The number of ether oxygens (including phenoxy) is 1. The number of amides is 1. The van der Waals surface area contributed by atoms with Gasteiger partial charge in [-0.25, -0.2) is 0 Å². The van der Waals surface area contributed by atoms with Crippen molar-refractivity contribution in [2.75, 3.05) is 13.7 Å². The molecule has 1 rings (SSSR count). The Kier molecular flexibility index (Phi) is 4.77. The Hall–Kier alpha value is -1.50. The highest BCUT2D eigenvalue weighted by molar-refractivity contribution is 7.08.